The topological polar surface area (TPSA) is 61.0 Å². The number of hydrogen-bond acceptors (Lipinski definition) is 5. The lowest BCUT2D eigenvalue weighted by Crippen LogP contribution is -1.94. The first-order valence-electron chi connectivity index (χ1n) is 8.00. The Bertz CT molecular complexity index is 1050. The number of aromatic nitrogens is 3. The highest BCUT2D eigenvalue weighted by atomic mass is 16.5. The first-order chi connectivity index (χ1) is 12.1. The maximum atomic E-state index is 5.45. The summed E-state index contributed by atoms with van der Waals surface area (Å²) >= 11 is 0. The van der Waals surface area contributed by atoms with E-state index in [-0.39, 0.29) is 0 Å². The van der Waals surface area contributed by atoms with Gasteiger partial charge in [-0.2, -0.15) is 4.98 Å². The van der Waals surface area contributed by atoms with Crippen molar-refractivity contribution in [3.63, 3.8) is 0 Å². The van der Waals surface area contributed by atoms with Crippen LogP contribution in [0.5, 0.6) is 5.88 Å². The average molecular weight is 331 g/mol. The molecule has 0 unspecified atom stereocenters. The molecule has 0 fully saturated rings. The van der Waals surface area contributed by atoms with E-state index in [1.807, 2.05) is 62.4 Å². The standard InChI is InChI=1S/C20H17N3O2/c1-12-4-7-14(8-5-12)19-22-18(23-25-19)16-11-15-9-6-13(2)10-17(15)21-20(16)24-3/h4-11H,1-3H3. The summed E-state index contributed by atoms with van der Waals surface area (Å²) in [6.07, 6.45) is 0. The molecule has 0 bridgehead atoms. The second-order valence-electron chi connectivity index (χ2n) is 6.03. The van der Waals surface area contributed by atoms with Crippen LogP contribution in [0, 0.1) is 13.8 Å². The summed E-state index contributed by atoms with van der Waals surface area (Å²) in [7, 11) is 1.59. The monoisotopic (exact) mass is 331 g/mol. The molecule has 0 atom stereocenters. The maximum Gasteiger partial charge on any atom is 0.258 e. The van der Waals surface area contributed by atoms with E-state index in [9.17, 15) is 0 Å². The summed E-state index contributed by atoms with van der Waals surface area (Å²) < 4.78 is 10.9. The number of methoxy groups -OCH3 is 1. The van der Waals surface area contributed by atoms with Gasteiger partial charge >= 0.3 is 0 Å². The molecule has 0 aliphatic heterocycles. The number of rotatable bonds is 3. The van der Waals surface area contributed by atoms with Gasteiger partial charge in [-0.05, 0) is 43.7 Å². The van der Waals surface area contributed by atoms with Crippen molar-refractivity contribution in [2.45, 2.75) is 13.8 Å². The van der Waals surface area contributed by atoms with Crippen molar-refractivity contribution in [1.29, 1.82) is 0 Å². The number of pyridine rings is 1. The molecule has 4 aromatic rings. The number of nitrogens with zero attached hydrogens (tertiary/aromatic N) is 3. The SMILES string of the molecule is COc1nc2cc(C)ccc2cc1-c1noc(-c2ccc(C)cc2)n1. The Morgan fingerprint density at radius 3 is 2.40 bits per heavy atom. The molecule has 0 aliphatic carbocycles. The van der Waals surface area contributed by atoms with E-state index in [1.165, 1.54) is 5.56 Å². The molecule has 0 radical (unpaired) electrons. The molecule has 0 spiro atoms. The maximum absolute atomic E-state index is 5.45. The van der Waals surface area contributed by atoms with Gasteiger partial charge in [0.1, 0.15) is 0 Å². The quantitative estimate of drug-likeness (QED) is 0.550. The fourth-order valence-electron chi connectivity index (χ4n) is 2.72. The molecule has 124 valence electrons. The van der Waals surface area contributed by atoms with E-state index in [0.717, 1.165) is 22.0 Å². The van der Waals surface area contributed by atoms with Gasteiger partial charge in [0.15, 0.2) is 0 Å². The van der Waals surface area contributed by atoms with E-state index < -0.39 is 0 Å². The van der Waals surface area contributed by atoms with Gasteiger partial charge in [0.05, 0.1) is 18.2 Å². The Labute approximate surface area is 145 Å². The van der Waals surface area contributed by atoms with Crippen molar-refractivity contribution in [3.05, 3.63) is 59.7 Å². The lowest BCUT2D eigenvalue weighted by Gasteiger charge is -2.07. The number of fused-ring (bicyclic) bond motifs is 1. The summed E-state index contributed by atoms with van der Waals surface area (Å²) in [6.45, 7) is 4.07. The summed E-state index contributed by atoms with van der Waals surface area (Å²) in [5.41, 5.74) is 4.80. The second kappa shape index (κ2) is 6.02. The van der Waals surface area contributed by atoms with Crippen LogP contribution in [-0.4, -0.2) is 22.2 Å². The molecule has 2 heterocycles. The first-order valence-corrected chi connectivity index (χ1v) is 8.00. The summed E-state index contributed by atoms with van der Waals surface area (Å²) in [5.74, 6) is 1.41. The van der Waals surface area contributed by atoms with E-state index >= 15 is 0 Å². The highest BCUT2D eigenvalue weighted by molar-refractivity contribution is 5.85. The zero-order chi connectivity index (χ0) is 17.4. The minimum atomic E-state index is 0.461. The van der Waals surface area contributed by atoms with Crippen molar-refractivity contribution in [3.8, 4) is 28.7 Å². The Morgan fingerprint density at radius 1 is 0.880 bits per heavy atom. The van der Waals surface area contributed by atoms with Gasteiger partial charge in [-0.3, -0.25) is 0 Å². The lowest BCUT2D eigenvalue weighted by atomic mass is 10.1. The van der Waals surface area contributed by atoms with Gasteiger partial charge in [-0.1, -0.05) is 35.0 Å². The van der Waals surface area contributed by atoms with Gasteiger partial charge < -0.3 is 9.26 Å². The fourth-order valence-corrected chi connectivity index (χ4v) is 2.72. The Morgan fingerprint density at radius 2 is 1.64 bits per heavy atom. The molecule has 0 amide bonds. The Kier molecular flexibility index (Phi) is 3.69. The van der Waals surface area contributed by atoms with E-state index in [2.05, 4.69) is 15.1 Å². The molecule has 0 N–H and O–H groups in total. The molecule has 5 nitrogen and oxygen atoms in total. The third kappa shape index (κ3) is 2.85. The predicted molar refractivity (Wildman–Crippen MR) is 96.5 cm³/mol. The van der Waals surface area contributed by atoms with Crippen molar-refractivity contribution in [1.82, 2.24) is 15.1 Å². The van der Waals surface area contributed by atoms with Crippen LogP contribution in [0.3, 0.4) is 0 Å². The molecule has 25 heavy (non-hydrogen) atoms. The van der Waals surface area contributed by atoms with E-state index in [4.69, 9.17) is 9.26 Å². The molecule has 4 rings (SSSR count). The Balaban J connectivity index is 1.81. The van der Waals surface area contributed by atoms with E-state index in [1.54, 1.807) is 7.11 Å². The third-order valence-electron chi connectivity index (χ3n) is 4.10. The summed E-state index contributed by atoms with van der Waals surface area (Å²) in [6, 6.07) is 16.0. The second-order valence-corrected chi connectivity index (χ2v) is 6.03. The molecule has 5 heteroatoms. The number of benzene rings is 2. The smallest absolute Gasteiger partial charge is 0.258 e. The minimum Gasteiger partial charge on any atom is -0.480 e. The van der Waals surface area contributed by atoms with Crippen molar-refractivity contribution in [2.24, 2.45) is 0 Å². The van der Waals surface area contributed by atoms with Crippen LogP contribution in [0.15, 0.2) is 53.1 Å². The summed E-state index contributed by atoms with van der Waals surface area (Å²) in [4.78, 5) is 9.10. The van der Waals surface area contributed by atoms with Gasteiger partial charge in [-0.25, -0.2) is 4.98 Å². The highest BCUT2D eigenvalue weighted by Gasteiger charge is 2.17. The number of hydrogen-bond donors (Lipinski definition) is 0. The van der Waals surface area contributed by atoms with Crippen molar-refractivity contribution in [2.75, 3.05) is 7.11 Å². The molecular formula is C20H17N3O2. The van der Waals surface area contributed by atoms with Crippen LogP contribution in [0.2, 0.25) is 0 Å². The minimum absolute atomic E-state index is 0.461. The number of ether oxygens (including phenoxy) is 1. The highest BCUT2D eigenvalue weighted by Crippen LogP contribution is 2.31. The number of aryl methyl sites for hydroxylation is 2. The first kappa shape index (κ1) is 15.3. The zero-order valence-corrected chi connectivity index (χ0v) is 14.3. The molecule has 2 aromatic heterocycles. The fraction of sp³-hybridized carbons (Fsp3) is 0.150. The summed E-state index contributed by atoms with van der Waals surface area (Å²) in [5, 5.41) is 5.11. The molecule has 2 aromatic carbocycles. The third-order valence-corrected chi connectivity index (χ3v) is 4.10. The largest absolute Gasteiger partial charge is 0.480 e. The van der Waals surface area contributed by atoms with Crippen molar-refractivity contribution >= 4 is 10.9 Å². The lowest BCUT2D eigenvalue weighted by molar-refractivity contribution is 0.399. The van der Waals surface area contributed by atoms with Gasteiger partial charge in [-0.15, -0.1) is 0 Å². The normalized spacial score (nSPS) is 11.0. The van der Waals surface area contributed by atoms with Gasteiger partial charge in [0.25, 0.3) is 5.89 Å². The average Bonchev–Trinajstić information content (AvgIpc) is 3.11. The van der Waals surface area contributed by atoms with Crippen LogP contribution in [0.1, 0.15) is 11.1 Å². The van der Waals surface area contributed by atoms with Crippen LogP contribution < -0.4 is 4.74 Å². The zero-order valence-electron chi connectivity index (χ0n) is 14.3. The molecule has 0 saturated carbocycles. The van der Waals surface area contributed by atoms with Crippen LogP contribution in [-0.2, 0) is 0 Å². The molecule has 0 aliphatic rings. The predicted octanol–water partition coefficient (Wildman–Crippen LogP) is 4.58. The Hall–Kier alpha value is -3.21. The molecule has 0 saturated heterocycles. The molecular weight excluding hydrogens is 314 g/mol. The van der Waals surface area contributed by atoms with E-state index in [0.29, 0.717) is 23.2 Å². The van der Waals surface area contributed by atoms with Gasteiger partial charge in [0.2, 0.25) is 11.7 Å². The van der Waals surface area contributed by atoms with Crippen molar-refractivity contribution < 1.29 is 9.26 Å². The van der Waals surface area contributed by atoms with Gasteiger partial charge in [0, 0.05) is 10.9 Å². The van der Waals surface area contributed by atoms with Crippen LogP contribution in [0.4, 0.5) is 0 Å². The van der Waals surface area contributed by atoms with Crippen LogP contribution in [0.25, 0.3) is 33.7 Å². The van der Waals surface area contributed by atoms with Crippen LogP contribution >= 0.6 is 0 Å².